The third-order valence-electron chi connectivity index (χ3n) is 1.86. The SMILES string of the molecule is CC(NCCSC(F)(F)F)c1sccc1Br. The van der Waals surface area contributed by atoms with Crippen molar-refractivity contribution in [2.24, 2.45) is 0 Å². The van der Waals surface area contributed by atoms with Crippen LogP contribution in [-0.4, -0.2) is 17.8 Å². The minimum absolute atomic E-state index is 0.00618. The molecule has 0 fully saturated rings. The lowest BCUT2D eigenvalue weighted by molar-refractivity contribution is -0.0327. The Labute approximate surface area is 109 Å². The van der Waals surface area contributed by atoms with Crippen molar-refractivity contribution in [3.8, 4) is 0 Å². The van der Waals surface area contributed by atoms with Gasteiger partial charge in [0.15, 0.2) is 0 Å². The zero-order valence-corrected chi connectivity index (χ0v) is 11.7. The second kappa shape index (κ2) is 6.28. The molecule has 92 valence electrons. The highest BCUT2D eigenvalue weighted by Crippen LogP contribution is 2.30. The fraction of sp³-hybridized carbons (Fsp3) is 0.556. The van der Waals surface area contributed by atoms with Gasteiger partial charge in [0.05, 0.1) is 0 Å². The van der Waals surface area contributed by atoms with Gasteiger partial charge in [-0.05, 0) is 46.1 Å². The molecule has 1 N–H and O–H groups in total. The summed E-state index contributed by atoms with van der Waals surface area (Å²) in [6, 6.07) is 2.01. The lowest BCUT2D eigenvalue weighted by Gasteiger charge is -2.13. The summed E-state index contributed by atoms with van der Waals surface area (Å²) >= 11 is 4.98. The second-order valence-electron chi connectivity index (χ2n) is 3.10. The third kappa shape index (κ3) is 5.07. The van der Waals surface area contributed by atoms with Gasteiger partial charge in [-0.15, -0.1) is 11.3 Å². The quantitative estimate of drug-likeness (QED) is 0.801. The van der Waals surface area contributed by atoms with Crippen LogP contribution in [0.25, 0.3) is 0 Å². The Bertz CT molecular complexity index is 327. The van der Waals surface area contributed by atoms with Gasteiger partial charge in [-0.2, -0.15) is 13.2 Å². The Morgan fingerprint density at radius 2 is 2.25 bits per heavy atom. The molecule has 0 aliphatic carbocycles. The van der Waals surface area contributed by atoms with E-state index in [1.165, 1.54) is 0 Å². The minimum atomic E-state index is -4.13. The largest absolute Gasteiger partial charge is 0.441 e. The molecule has 0 aromatic carbocycles. The number of thiophene rings is 1. The average Bonchev–Trinajstić information content (AvgIpc) is 2.57. The minimum Gasteiger partial charge on any atom is -0.309 e. The van der Waals surface area contributed by atoms with Gasteiger partial charge in [0.1, 0.15) is 0 Å². The molecule has 1 heterocycles. The molecule has 0 radical (unpaired) electrons. The van der Waals surface area contributed by atoms with Gasteiger partial charge in [-0.25, -0.2) is 0 Å². The first-order valence-electron chi connectivity index (χ1n) is 4.57. The maximum Gasteiger partial charge on any atom is 0.441 e. The maximum atomic E-state index is 11.8. The number of rotatable bonds is 5. The van der Waals surface area contributed by atoms with E-state index in [0.717, 1.165) is 9.35 Å². The van der Waals surface area contributed by atoms with Crippen molar-refractivity contribution in [2.75, 3.05) is 12.3 Å². The summed E-state index contributed by atoms with van der Waals surface area (Å²) in [5, 5.41) is 5.00. The van der Waals surface area contributed by atoms with E-state index in [1.54, 1.807) is 11.3 Å². The van der Waals surface area contributed by atoms with E-state index in [0.29, 0.717) is 6.54 Å². The molecule has 0 bridgehead atoms. The van der Waals surface area contributed by atoms with E-state index in [1.807, 2.05) is 18.4 Å². The van der Waals surface area contributed by atoms with E-state index in [9.17, 15) is 13.2 Å². The molecule has 1 atom stereocenters. The van der Waals surface area contributed by atoms with E-state index < -0.39 is 5.51 Å². The summed E-state index contributed by atoms with van der Waals surface area (Å²) in [6.45, 7) is 2.28. The molecule has 7 heteroatoms. The van der Waals surface area contributed by atoms with Crippen molar-refractivity contribution in [2.45, 2.75) is 18.5 Å². The molecule has 0 aliphatic heterocycles. The predicted molar refractivity (Wildman–Crippen MR) is 66.9 cm³/mol. The summed E-state index contributed by atoms with van der Waals surface area (Å²) < 4.78 is 36.5. The zero-order valence-electron chi connectivity index (χ0n) is 8.47. The Morgan fingerprint density at radius 1 is 1.56 bits per heavy atom. The Kier molecular flexibility index (Phi) is 5.63. The monoisotopic (exact) mass is 333 g/mol. The van der Waals surface area contributed by atoms with Gasteiger partial charge < -0.3 is 5.32 Å². The topological polar surface area (TPSA) is 12.0 Å². The van der Waals surface area contributed by atoms with Crippen LogP contribution >= 0.6 is 39.0 Å². The van der Waals surface area contributed by atoms with Crippen LogP contribution in [0.4, 0.5) is 13.2 Å². The van der Waals surface area contributed by atoms with Crippen molar-refractivity contribution in [1.29, 1.82) is 0 Å². The fourth-order valence-electron chi connectivity index (χ4n) is 1.15. The Morgan fingerprint density at radius 3 is 2.75 bits per heavy atom. The molecule has 1 aromatic rings. The summed E-state index contributed by atoms with van der Waals surface area (Å²) in [7, 11) is 0. The van der Waals surface area contributed by atoms with Crippen LogP contribution in [0.3, 0.4) is 0 Å². The van der Waals surface area contributed by atoms with E-state index in [4.69, 9.17) is 0 Å². The van der Waals surface area contributed by atoms with Gasteiger partial charge in [0, 0.05) is 27.7 Å². The highest BCUT2D eigenvalue weighted by atomic mass is 79.9. The van der Waals surface area contributed by atoms with E-state index in [2.05, 4.69) is 21.2 Å². The number of hydrogen-bond acceptors (Lipinski definition) is 3. The molecule has 1 aromatic heterocycles. The molecular formula is C9H11BrF3NS2. The Balaban J connectivity index is 2.26. The summed E-state index contributed by atoms with van der Waals surface area (Å²) in [5.74, 6) is 0.0385. The molecule has 1 unspecified atom stereocenters. The van der Waals surface area contributed by atoms with Crippen LogP contribution in [-0.2, 0) is 0 Å². The van der Waals surface area contributed by atoms with Crippen LogP contribution in [0.15, 0.2) is 15.9 Å². The Hall–Kier alpha value is 0.280. The molecule has 0 amide bonds. The summed E-state index contributed by atoms with van der Waals surface area (Å²) in [4.78, 5) is 1.11. The molecular weight excluding hydrogens is 323 g/mol. The van der Waals surface area contributed by atoms with Crippen molar-refractivity contribution < 1.29 is 13.2 Å². The van der Waals surface area contributed by atoms with Crippen molar-refractivity contribution in [3.63, 3.8) is 0 Å². The van der Waals surface area contributed by atoms with Gasteiger partial charge in [-0.1, -0.05) is 0 Å². The number of hydrogen-bond donors (Lipinski definition) is 1. The van der Waals surface area contributed by atoms with Crippen LogP contribution in [0, 0.1) is 0 Å². The molecule has 1 rings (SSSR count). The highest BCUT2D eigenvalue weighted by molar-refractivity contribution is 9.10. The zero-order chi connectivity index (χ0) is 12.2. The van der Waals surface area contributed by atoms with Crippen molar-refractivity contribution in [3.05, 3.63) is 20.8 Å². The first kappa shape index (κ1) is 14.3. The number of nitrogens with one attached hydrogen (secondary N) is 1. The van der Waals surface area contributed by atoms with Gasteiger partial charge in [0.2, 0.25) is 0 Å². The smallest absolute Gasteiger partial charge is 0.309 e. The molecule has 16 heavy (non-hydrogen) atoms. The lowest BCUT2D eigenvalue weighted by Crippen LogP contribution is -2.22. The lowest BCUT2D eigenvalue weighted by atomic mass is 10.3. The molecule has 1 nitrogen and oxygen atoms in total. The van der Waals surface area contributed by atoms with Crippen molar-refractivity contribution >= 4 is 39.0 Å². The fourth-order valence-corrected chi connectivity index (χ4v) is 3.35. The van der Waals surface area contributed by atoms with Gasteiger partial charge in [0.25, 0.3) is 0 Å². The van der Waals surface area contributed by atoms with E-state index >= 15 is 0 Å². The molecule has 0 spiro atoms. The second-order valence-corrected chi connectivity index (χ2v) is 6.06. The van der Waals surface area contributed by atoms with Gasteiger partial charge in [-0.3, -0.25) is 0 Å². The molecule has 0 saturated carbocycles. The number of thioether (sulfide) groups is 1. The van der Waals surface area contributed by atoms with E-state index in [-0.39, 0.29) is 23.6 Å². The maximum absolute atomic E-state index is 11.8. The van der Waals surface area contributed by atoms with Crippen LogP contribution in [0.5, 0.6) is 0 Å². The normalized spacial score (nSPS) is 14.1. The molecule has 0 saturated heterocycles. The van der Waals surface area contributed by atoms with Crippen LogP contribution < -0.4 is 5.32 Å². The predicted octanol–water partition coefficient (Wildman–Crippen LogP) is 4.41. The first-order chi connectivity index (χ1) is 7.40. The van der Waals surface area contributed by atoms with Gasteiger partial charge >= 0.3 is 5.51 Å². The third-order valence-corrected chi connectivity index (χ3v) is 4.65. The molecule has 0 aliphatic rings. The first-order valence-corrected chi connectivity index (χ1v) is 7.23. The van der Waals surface area contributed by atoms with Crippen molar-refractivity contribution in [1.82, 2.24) is 5.32 Å². The summed E-state index contributed by atoms with van der Waals surface area (Å²) in [5.41, 5.74) is -4.13. The van der Waals surface area contributed by atoms with Crippen LogP contribution in [0.2, 0.25) is 0 Å². The number of alkyl halides is 3. The number of halogens is 4. The highest BCUT2D eigenvalue weighted by Gasteiger charge is 2.27. The average molecular weight is 334 g/mol. The standard InChI is InChI=1S/C9H11BrF3NS2/c1-6(8-7(10)2-4-15-8)14-3-5-16-9(11,12)13/h2,4,6,14H,3,5H2,1H3. The van der Waals surface area contributed by atoms with Crippen LogP contribution in [0.1, 0.15) is 17.8 Å². The summed E-state index contributed by atoms with van der Waals surface area (Å²) in [6.07, 6.45) is 0.